The van der Waals surface area contributed by atoms with Crippen LogP contribution in [0, 0.1) is 0 Å². The molecular weight excluding hydrogens is 416 g/mol. The Morgan fingerprint density at radius 3 is 2.84 bits per heavy atom. The number of thioether (sulfide) groups is 1. The van der Waals surface area contributed by atoms with Gasteiger partial charge < -0.3 is 14.8 Å². The quantitative estimate of drug-likeness (QED) is 0.348. The van der Waals surface area contributed by atoms with Crippen LogP contribution in [0.15, 0.2) is 63.2 Å². The summed E-state index contributed by atoms with van der Waals surface area (Å²) in [6.45, 7) is 3.41. The van der Waals surface area contributed by atoms with E-state index in [-0.39, 0.29) is 11.7 Å². The second-order valence-electron chi connectivity index (χ2n) is 6.93. The lowest BCUT2D eigenvalue weighted by Crippen LogP contribution is -2.06. The first-order chi connectivity index (χ1) is 14.9. The molecule has 0 atom stereocenters. The lowest BCUT2D eigenvalue weighted by Gasteiger charge is -2.10. The molecule has 0 aliphatic rings. The summed E-state index contributed by atoms with van der Waals surface area (Å²) in [6.07, 6.45) is 2.26. The molecule has 0 unspecified atom stereocenters. The molecule has 9 heteroatoms. The number of phenols is 1. The average molecular weight is 436 g/mol. The molecule has 0 aliphatic carbocycles. The molecule has 2 aromatic carbocycles. The third-order valence-electron chi connectivity index (χ3n) is 4.73. The van der Waals surface area contributed by atoms with E-state index in [0.717, 1.165) is 22.2 Å². The van der Waals surface area contributed by atoms with Crippen molar-refractivity contribution in [2.24, 2.45) is 0 Å². The monoisotopic (exact) mass is 436 g/mol. The van der Waals surface area contributed by atoms with Gasteiger partial charge in [-0.25, -0.2) is 4.79 Å². The first-order valence-corrected chi connectivity index (χ1v) is 10.6. The molecule has 31 heavy (non-hydrogen) atoms. The summed E-state index contributed by atoms with van der Waals surface area (Å²) in [4.78, 5) is 23.4. The molecule has 1 amide bonds. The van der Waals surface area contributed by atoms with Crippen LogP contribution in [-0.4, -0.2) is 25.8 Å². The second kappa shape index (κ2) is 8.65. The van der Waals surface area contributed by atoms with Crippen molar-refractivity contribution in [3.63, 3.8) is 0 Å². The van der Waals surface area contributed by atoms with E-state index in [0.29, 0.717) is 28.6 Å². The molecule has 4 aromatic rings. The summed E-state index contributed by atoms with van der Waals surface area (Å²) in [5, 5.41) is 22.5. The Morgan fingerprint density at radius 2 is 2.06 bits per heavy atom. The van der Waals surface area contributed by atoms with E-state index in [2.05, 4.69) is 15.5 Å². The SMILES string of the molecule is CCc1cc2c(CSc3nncn3-c3cccc(NC(C)=O)c3)cc(=O)oc2cc1O. The Morgan fingerprint density at radius 1 is 1.23 bits per heavy atom. The number of aromatic nitrogens is 3. The molecule has 0 radical (unpaired) electrons. The van der Waals surface area contributed by atoms with Gasteiger partial charge in [-0.05, 0) is 41.8 Å². The van der Waals surface area contributed by atoms with Crippen LogP contribution in [0.4, 0.5) is 5.69 Å². The number of nitrogens with one attached hydrogen (secondary N) is 1. The fourth-order valence-electron chi connectivity index (χ4n) is 3.29. The Balaban J connectivity index is 1.65. The number of hydrogen-bond acceptors (Lipinski definition) is 7. The molecule has 0 aliphatic heterocycles. The van der Waals surface area contributed by atoms with Gasteiger partial charge in [-0.2, -0.15) is 0 Å². The fourth-order valence-corrected chi connectivity index (χ4v) is 4.21. The van der Waals surface area contributed by atoms with Crippen LogP contribution in [-0.2, 0) is 17.0 Å². The van der Waals surface area contributed by atoms with Crippen molar-refractivity contribution >= 4 is 34.3 Å². The molecule has 8 nitrogen and oxygen atoms in total. The van der Waals surface area contributed by atoms with Crippen LogP contribution in [0.25, 0.3) is 16.7 Å². The predicted molar refractivity (Wildman–Crippen MR) is 119 cm³/mol. The molecule has 0 saturated carbocycles. The number of fused-ring (bicyclic) bond motifs is 1. The van der Waals surface area contributed by atoms with Gasteiger partial charge in [0.2, 0.25) is 5.91 Å². The molecular formula is C22H20N4O4S. The minimum absolute atomic E-state index is 0.113. The number of rotatable bonds is 6. The van der Waals surface area contributed by atoms with Crippen molar-refractivity contribution in [2.45, 2.75) is 31.2 Å². The summed E-state index contributed by atoms with van der Waals surface area (Å²) in [5.74, 6) is 0.421. The summed E-state index contributed by atoms with van der Waals surface area (Å²) < 4.78 is 7.08. The summed E-state index contributed by atoms with van der Waals surface area (Å²) >= 11 is 1.42. The molecule has 2 N–H and O–H groups in total. The van der Waals surface area contributed by atoms with E-state index < -0.39 is 5.63 Å². The van der Waals surface area contributed by atoms with E-state index >= 15 is 0 Å². The molecule has 0 spiro atoms. The van der Waals surface area contributed by atoms with E-state index in [1.807, 2.05) is 35.8 Å². The van der Waals surface area contributed by atoms with Crippen LogP contribution >= 0.6 is 11.8 Å². The molecule has 0 fully saturated rings. The first kappa shape index (κ1) is 20.7. The van der Waals surface area contributed by atoms with Gasteiger partial charge in [-0.1, -0.05) is 24.8 Å². The predicted octanol–water partition coefficient (Wildman–Crippen LogP) is 3.89. The molecule has 158 valence electrons. The summed E-state index contributed by atoms with van der Waals surface area (Å²) in [5.41, 5.74) is 2.92. The van der Waals surface area contributed by atoms with Gasteiger partial charge in [0.05, 0.1) is 5.69 Å². The topological polar surface area (TPSA) is 110 Å². The zero-order valence-corrected chi connectivity index (χ0v) is 17.8. The van der Waals surface area contributed by atoms with Gasteiger partial charge in [-0.3, -0.25) is 9.36 Å². The van der Waals surface area contributed by atoms with Crippen molar-refractivity contribution in [1.29, 1.82) is 0 Å². The minimum Gasteiger partial charge on any atom is -0.508 e. The lowest BCUT2D eigenvalue weighted by atomic mass is 10.1. The highest BCUT2D eigenvalue weighted by Gasteiger charge is 2.13. The van der Waals surface area contributed by atoms with Crippen LogP contribution in [0.1, 0.15) is 25.0 Å². The van der Waals surface area contributed by atoms with Gasteiger partial charge >= 0.3 is 5.63 Å². The third kappa shape index (κ3) is 4.46. The number of carbonyl (C=O) groups is 1. The highest BCUT2D eigenvalue weighted by Crippen LogP contribution is 2.31. The van der Waals surface area contributed by atoms with Crippen molar-refractivity contribution in [1.82, 2.24) is 14.8 Å². The van der Waals surface area contributed by atoms with E-state index in [9.17, 15) is 14.7 Å². The fraction of sp³-hybridized carbons (Fsp3) is 0.182. The van der Waals surface area contributed by atoms with Crippen LogP contribution in [0.3, 0.4) is 0 Å². The van der Waals surface area contributed by atoms with Crippen LogP contribution in [0.2, 0.25) is 0 Å². The number of amides is 1. The van der Waals surface area contributed by atoms with Gasteiger partial charge in [0.15, 0.2) is 5.16 Å². The number of carbonyl (C=O) groups excluding carboxylic acids is 1. The van der Waals surface area contributed by atoms with Gasteiger partial charge in [0, 0.05) is 35.9 Å². The van der Waals surface area contributed by atoms with Crippen molar-refractivity contribution in [2.75, 3.05) is 5.32 Å². The number of benzene rings is 2. The Hall–Kier alpha value is -3.59. The maximum atomic E-state index is 12.0. The zero-order valence-electron chi connectivity index (χ0n) is 17.0. The smallest absolute Gasteiger partial charge is 0.336 e. The van der Waals surface area contributed by atoms with Gasteiger partial charge in [0.1, 0.15) is 17.7 Å². The molecule has 2 aromatic heterocycles. The van der Waals surface area contributed by atoms with Crippen LogP contribution < -0.4 is 10.9 Å². The van der Waals surface area contributed by atoms with Gasteiger partial charge in [0.25, 0.3) is 0 Å². The highest BCUT2D eigenvalue weighted by atomic mass is 32.2. The van der Waals surface area contributed by atoms with Crippen molar-refractivity contribution < 1.29 is 14.3 Å². The maximum absolute atomic E-state index is 12.0. The Labute approximate surface area is 181 Å². The maximum Gasteiger partial charge on any atom is 0.336 e. The number of anilines is 1. The Bertz CT molecular complexity index is 1330. The standard InChI is InChI=1S/C22H20N4O4S/c1-3-14-7-18-15(8-21(29)30-20(18)10-19(14)28)11-31-22-25-23-12-26(22)17-6-4-5-16(9-17)24-13(2)27/h4-10,12,28H,3,11H2,1-2H3,(H,24,27). The normalized spacial score (nSPS) is 11.0. The highest BCUT2D eigenvalue weighted by molar-refractivity contribution is 7.98. The van der Waals surface area contributed by atoms with Crippen LogP contribution in [0.5, 0.6) is 5.75 Å². The van der Waals surface area contributed by atoms with Crippen molar-refractivity contribution in [3.8, 4) is 11.4 Å². The van der Waals surface area contributed by atoms with E-state index in [1.165, 1.54) is 30.8 Å². The number of aryl methyl sites for hydroxylation is 1. The van der Waals surface area contributed by atoms with E-state index in [1.54, 1.807) is 12.4 Å². The minimum atomic E-state index is -0.476. The number of phenolic OH excluding ortho intramolecular Hbond substituents is 1. The number of hydrogen-bond donors (Lipinski definition) is 2. The second-order valence-corrected chi connectivity index (χ2v) is 7.87. The lowest BCUT2D eigenvalue weighted by molar-refractivity contribution is -0.114. The average Bonchev–Trinajstić information content (AvgIpc) is 3.20. The molecule has 0 bridgehead atoms. The molecule has 0 saturated heterocycles. The largest absolute Gasteiger partial charge is 0.508 e. The Kier molecular flexibility index (Phi) is 5.77. The third-order valence-corrected chi connectivity index (χ3v) is 5.72. The van der Waals surface area contributed by atoms with Crippen molar-refractivity contribution in [3.05, 3.63) is 70.3 Å². The zero-order chi connectivity index (χ0) is 22.0. The van der Waals surface area contributed by atoms with Gasteiger partial charge in [-0.15, -0.1) is 10.2 Å². The summed E-state index contributed by atoms with van der Waals surface area (Å²) in [6, 6.07) is 12.2. The number of nitrogens with zero attached hydrogens (tertiary/aromatic N) is 3. The molecule has 4 rings (SSSR count). The summed E-state index contributed by atoms with van der Waals surface area (Å²) in [7, 11) is 0. The number of aromatic hydroxyl groups is 1. The molecule has 2 heterocycles. The first-order valence-electron chi connectivity index (χ1n) is 9.64. The van der Waals surface area contributed by atoms with E-state index in [4.69, 9.17) is 4.42 Å².